The molecule has 1 unspecified atom stereocenters. The lowest BCUT2D eigenvalue weighted by Crippen LogP contribution is -2.34. The Hall–Kier alpha value is -1.25. The lowest BCUT2D eigenvalue weighted by atomic mass is 10.0. The van der Waals surface area contributed by atoms with Crippen molar-refractivity contribution < 1.29 is 0 Å². The fraction of sp³-hybridized carbons (Fsp3) is 0.615. The van der Waals surface area contributed by atoms with Gasteiger partial charge in [0.05, 0.1) is 0 Å². The largest absolute Gasteiger partial charge is 0.398 e. The van der Waals surface area contributed by atoms with Crippen LogP contribution < -0.4 is 10.6 Å². The lowest BCUT2D eigenvalue weighted by Gasteiger charge is -2.29. The van der Waals surface area contributed by atoms with Crippen LogP contribution in [-0.2, 0) is 0 Å². The first-order valence-corrected chi connectivity index (χ1v) is 6.08. The molecule has 2 N–H and O–H groups in total. The minimum Gasteiger partial charge on any atom is -0.398 e. The molecular formula is C13H21N3. The highest BCUT2D eigenvalue weighted by Gasteiger charge is 2.28. The van der Waals surface area contributed by atoms with E-state index < -0.39 is 0 Å². The van der Waals surface area contributed by atoms with Crippen LogP contribution in [0, 0.1) is 12.8 Å². The van der Waals surface area contributed by atoms with Crippen LogP contribution in [0.25, 0.3) is 0 Å². The predicted octanol–water partition coefficient (Wildman–Crippen LogP) is 2.60. The number of aryl methyl sites for hydroxylation is 1. The van der Waals surface area contributed by atoms with Crippen LogP contribution in [0.5, 0.6) is 0 Å². The summed E-state index contributed by atoms with van der Waals surface area (Å²) in [6, 6.07) is 2.63. The number of nitrogen functional groups attached to an aromatic ring is 1. The SMILES string of the molecule is Cc1cnc(N2CCCC2C(C)C)cc1N. The predicted molar refractivity (Wildman–Crippen MR) is 68.6 cm³/mol. The van der Waals surface area contributed by atoms with E-state index >= 15 is 0 Å². The van der Waals surface area contributed by atoms with Crippen molar-refractivity contribution in [1.29, 1.82) is 0 Å². The Kier molecular flexibility index (Phi) is 3.03. The number of anilines is 2. The Labute approximate surface area is 97.7 Å². The first-order valence-electron chi connectivity index (χ1n) is 6.08. The Morgan fingerprint density at radius 2 is 2.25 bits per heavy atom. The van der Waals surface area contributed by atoms with Crippen LogP contribution >= 0.6 is 0 Å². The third-order valence-electron chi connectivity index (χ3n) is 3.49. The number of hydrogen-bond acceptors (Lipinski definition) is 3. The fourth-order valence-corrected chi connectivity index (χ4v) is 2.45. The first-order chi connectivity index (χ1) is 7.59. The molecule has 3 heteroatoms. The van der Waals surface area contributed by atoms with Crippen molar-refractivity contribution in [3.05, 3.63) is 17.8 Å². The molecule has 1 aliphatic rings. The molecule has 0 saturated carbocycles. The topological polar surface area (TPSA) is 42.2 Å². The highest BCUT2D eigenvalue weighted by molar-refractivity contribution is 5.55. The standard InChI is InChI=1S/C13H21N3/c1-9(2)12-5-4-6-16(12)13-7-11(14)10(3)8-15-13/h7-9,12H,4-6H2,1-3H3,(H2,14,15). The minimum absolute atomic E-state index is 0.620. The van der Waals surface area contributed by atoms with Crippen molar-refractivity contribution in [2.45, 2.75) is 39.7 Å². The van der Waals surface area contributed by atoms with Gasteiger partial charge >= 0.3 is 0 Å². The van der Waals surface area contributed by atoms with Crippen molar-refractivity contribution in [1.82, 2.24) is 4.98 Å². The summed E-state index contributed by atoms with van der Waals surface area (Å²) in [6.45, 7) is 7.66. The minimum atomic E-state index is 0.620. The summed E-state index contributed by atoms with van der Waals surface area (Å²) in [4.78, 5) is 6.90. The molecule has 1 aromatic heterocycles. The number of aromatic nitrogens is 1. The van der Waals surface area contributed by atoms with E-state index in [9.17, 15) is 0 Å². The fourth-order valence-electron chi connectivity index (χ4n) is 2.45. The van der Waals surface area contributed by atoms with Crippen LogP contribution in [0.3, 0.4) is 0 Å². The zero-order valence-electron chi connectivity index (χ0n) is 10.4. The van der Waals surface area contributed by atoms with Gasteiger partial charge < -0.3 is 10.6 Å². The first kappa shape index (κ1) is 11.2. The van der Waals surface area contributed by atoms with Gasteiger partial charge in [-0.3, -0.25) is 0 Å². The van der Waals surface area contributed by atoms with E-state index in [1.807, 2.05) is 19.2 Å². The van der Waals surface area contributed by atoms with Gasteiger partial charge in [0.2, 0.25) is 0 Å². The van der Waals surface area contributed by atoms with Gasteiger partial charge in [-0.25, -0.2) is 4.98 Å². The summed E-state index contributed by atoms with van der Waals surface area (Å²) >= 11 is 0. The van der Waals surface area contributed by atoms with Gasteiger partial charge in [0.25, 0.3) is 0 Å². The highest BCUT2D eigenvalue weighted by atomic mass is 15.2. The molecule has 1 fully saturated rings. The summed E-state index contributed by atoms with van der Waals surface area (Å²) in [5, 5.41) is 0. The van der Waals surface area contributed by atoms with Crippen LogP contribution in [0.15, 0.2) is 12.3 Å². The van der Waals surface area contributed by atoms with Crippen molar-refractivity contribution in [2.24, 2.45) is 5.92 Å². The maximum atomic E-state index is 5.94. The second kappa shape index (κ2) is 4.32. The number of hydrogen-bond donors (Lipinski definition) is 1. The molecule has 0 spiro atoms. The van der Waals surface area contributed by atoms with Gasteiger partial charge in [0.15, 0.2) is 0 Å². The molecule has 1 atom stereocenters. The average molecular weight is 219 g/mol. The van der Waals surface area contributed by atoms with E-state index in [2.05, 4.69) is 23.7 Å². The van der Waals surface area contributed by atoms with Crippen LogP contribution in [0.1, 0.15) is 32.3 Å². The third-order valence-corrected chi connectivity index (χ3v) is 3.49. The van der Waals surface area contributed by atoms with Gasteiger partial charge in [-0.15, -0.1) is 0 Å². The van der Waals surface area contributed by atoms with Crippen LogP contribution in [-0.4, -0.2) is 17.6 Å². The maximum absolute atomic E-state index is 5.94. The third kappa shape index (κ3) is 1.99. The average Bonchev–Trinajstić information content (AvgIpc) is 2.71. The van der Waals surface area contributed by atoms with Gasteiger partial charge in [0.1, 0.15) is 5.82 Å². The number of pyridine rings is 1. The second-order valence-electron chi connectivity index (χ2n) is 5.05. The molecule has 3 nitrogen and oxygen atoms in total. The molecule has 1 saturated heterocycles. The molecule has 88 valence electrons. The Morgan fingerprint density at radius 3 is 2.88 bits per heavy atom. The van der Waals surface area contributed by atoms with Crippen LogP contribution in [0.4, 0.5) is 11.5 Å². The normalized spacial score (nSPS) is 20.8. The summed E-state index contributed by atoms with van der Waals surface area (Å²) in [5.41, 5.74) is 7.85. The van der Waals surface area contributed by atoms with Crippen molar-refractivity contribution in [3.63, 3.8) is 0 Å². The van der Waals surface area contributed by atoms with Crippen molar-refractivity contribution in [3.8, 4) is 0 Å². The van der Waals surface area contributed by atoms with E-state index in [1.165, 1.54) is 12.8 Å². The molecule has 1 aliphatic heterocycles. The van der Waals surface area contributed by atoms with E-state index in [0.717, 1.165) is 23.6 Å². The highest BCUT2D eigenvalue weighted by Crippen LogP contribution is 2.29. The zero-order valence-corrected chi connectivity index (χ0v) is 10.4. The molecule has 0 radical (unpaired) electrons. The molecule has 1 aromatic rings. The van der Waals surface area contributed by atoms with E-state index in [1.54, 1.807) is 0 Å². The quantitative estimate of drug-likeness (QED) is 0.831. The number of nitrogens with two attached hydrogens (primary N) is 1. The number of rotatable bonds is 2. The second-order valence-corrected chi connectivity index (χ2v) is 5.05. The summed E-state index contributed by atoms with van der Waals surface area (Å²) in [6.07, 6.45) is 4.41. The molecule has 2 rings (SSSR count). The molecule has 0 aromatic carbocycles. The molecular weight excluding hydrogens is 198 g/mol. The molecule has 0 aliphatic carbocycles. The van der Waals surface area contributed by atoms with Crippen molar-refractivity contribution in [2.75, 3.05) is 17.2 Å². The number of nitrogens with zero attached hydrogens (tertiary/aromatic N) is 2. The van der Waals surface area contributed by atoms with Gasteiger partial charge in [-0.1, -0.05) is 13.8 Å². The summed E-state index contributed by atoms with van der Waals surface area (Å²) in [5.74, 6) is 1.71. The van der Waals surface area contributed by atoms with Crippen molar-refractivity contribution >= 4 is 11.5 Å². The van der Waals surface area contributed by atoms with Gasteiger partial charge in [-0.05, 0) is 31.2 Å². The molecule has 0 amide bonds. The van der Waals surface area contributed by atoms with E-state index in [0.29, 0.717) is 12.0 Å². The Bertz CT molecular complexity index is 373. The molecule has 2 heterocycles. The summed E-state index contributed by atoms with van der Waals surface area (Å²) < 4.78 is 0. The maximum Gasteiger partial charge on any atom is 0.130 e. The van der Waals surface area contributed by atoms with Crippen LogP contribution in [0.2, 0.25) is 0 Å². The molecule has 16 heavy (non-hydrogen) atoms. The monoisotopic (exact) mass is 219 g/mol. The van der Waals surface area contributed by atoms with Gasteiger partial charge in [-0.2, -0.15) is 0 Å². The van der Waals surface area contributed by atoms with E-state index in [-0.39, 0.29) is 0 Å². The lowest BCUT2D eigenvalue weighted by molar-refractivity contribution is 0.489. The van der Waals surface area contributed by atoms with E-state index in [4.69, 9.17) is 5.73 Å². The smallest absolute Gasteiger partial charge is 0.130 e. The Balaban J connectivity index is 2.26. The Morgan fingerprint density at radius 1 is 1.50 bits per heavy atom. The summed E-state index contributed by atoms with van der Waals surface area (Å²) in [7, 11) is 0. The van der Waals surface area contributed by atoms with Gasteiger partial charge in [0, 0.05) is 30.5 Å². The zero-order chi connectivity index (χ0) is 11.7. The molecule has 0 bridgehead atoms.